The van der Waals surface area contributed by atoms with Crippen molar-refractivity contribution in [2.45, 2.75) is 57.4 Å². The minimum absolute atomic E-state index is 0.0827. The number of amides is 2. The number of aliphatic carboxylic acids is 1. The lowest BCUT2D eigenvalue weighted by molar-refractivity contribution is -0.137. The molecular formula is C21H33N5O3. The number of rotatable bonds is 5. The van der Waals surface area contributed by atoms with Crippen LogP contribution >= 0.6 is 0 Å². The number of carbonyl (C=O) groups excluding carboxylic acids is 1. The number of urea groups is 1. The zero-order valence-electron chi connectivity index (χ0n) is 17.6. The van der Waals surface area contributed by atoms with Gasteiger partial charge >= 0.3 is 12.0 Å². The molecule has 3 heterocycles. The van der Waals surface area contributed by atoms with Crippen molar-refractivity contribution in [2.75, 3.05) is 38.1 Å². The number of fused-ring (bicyclic) bond motifs is 1. The fourth-order valence-corrected chi connectivity index (χ4v) is 5.18. The van der Waals surface area contributed by atoms with Gasteiger partial charge in [0.2, 0.25) is 5.95 Å². The molecule has 1 saturated heterocycles. The van der Waals surface area contributed by atoms with Gasteiger partial charge in [0.05, 0.1) is 5.69 Å². The van der Waals surface area contributed by atoms with Crippen LogP contribution < -0.4 is 4.90 Å². The highest BCUT2D eigenvalue weighted by molar-refractivity contribution is 5.92. The molecule has 1 aromatic rings. The molecule has 8 nitrogen and oxygen atoms in total. The Morgan fingerprint density at radius 3 is 2.52 bits per heavy atom. The van der Waals surface area contributed by atoms with E-state index in [4.69, 9.17) is 10.1 Å². The Balaban J connectivity index is 1.39. The minimum atomic E-state index is -0.711. The van der Waals surface area contributed by atoms with Crippen molar-refractivity contribution in [3.63, 3.8) is 0 Å². The number of likely N-dealkylation sites (N-methyl/N-ethyl adjacent to an activating group) is 1. The van der Waals surface area contributed by atoms with Crippen molar-refractivity contribution in [3.8, 4) is 0 Å². The number of anilines is 1. The van der Waals surface area contributed by atoms with Crippen LogP contribution in [-0.4, -0.2) is 75.7 Å². The summed E-state index contributed by atoms with van der Waals surface area (Å²) in [5, 5.41) is 8.88. The van der Waals surface area contributed by atoms with Crippen LogP contribution in [0.15, 0.2) is 0 Å². The Kier molecular flexibility index (Phi) is 5.81. The highest BCUT2D eigenvalue weighted by atomic mass is 16.4. The summed E-state index contributed by atoms with van der Waals surface area (Å²) in [6, 6.07) is 0.361. The third-order valence-corrected chi connectivity index (χ3v) is 7.04. The van der Waals surface area contributed by atoms with Gasteiger partial charge in [0.25, 0.3) is 0 Å². The zero-order chi connectivity index (χ0) is 20.5. The largest absolute Gasteiger partial charge is 0.481 e. The van der Waals surface area contributed by atoms with Crippen LogP contribution in [0.25, 0.3) is 0 Å². The molecule has 0 atom stereocenters. The number of nitrogens with zero attached hydrogens (tertiary/aromatic N) is 5. The highest BCUT2D eigenvalue weighted by Crippen LogP contribution is 2.33. The summed E-state index contributed by atoms with van der Waals surface area (Å²) in [5.41, 5.74) is 2.39. The van der Waals surface area contributed by atoms with Gasteiger partial charge in [-0.25, -0.2) is 9.78 Å². The van der Waals surface area contributed by atoms with E-state index >= 15 is 0 Å². The zero-order valence-corrected chi connectivity index (χ0v) is 17.6. The summed E-state index contributed by atoms with van der Waals surface area (Å²) in [5.74, 6) is 0.569. The fourth-order valence-electron chi connectivity index (χ4n) is 5.18. The molecule has 0 aromatic carbocycles. The SMILES string of the molecule is CN1CCc2nc(N3CCN([C@H]4CC[C@H](CCC(=O)O)CC4)C3=O)n(C)c2CC1. The molecule has 0 spiro atoms. The van der Waals surface area contributed by atoms with Gasteiger partial charge in [0.1, 0.15) is 0 Å². The van der Waals surface area contributed by atoms with E-state index in [0.717, 1.165) is 76.2 Å². The standard InChI is InChI=1S/C21H33N5O3/c1-23-11-9-17-18(10-12-23)24(2)20(22-17)26-14-13-25(21(26)29)16-6-3-15(4-7-16)5-8-19(27)28/h15-16H,3-14H2,1-2H3,(H,27,28)/t15-,16-. The summed E-state index contributed by atoms with van der Waals surface area (Å²) in [7, 11) is 4.18. The normalized spacial score (nSPS) is 25.9. The molecule has 2 fully saturated rings. The highest BCUT2D eigenvalue weighted by Gasteiger charge is 2.38. The molecule has 3 aliphatic rings. The molecule has 0 radical (unpaired) electrons. The number of carboxylic acid groups (broad SMARTS) is 1. The quantitative estimate of drug-likeness (QED) is 0.814. The van der Waals surface area contributed by atoms with E-state index in [0.29, 0.717) is 12.5 Å². The van der Waals surface area contributed by atoms with Crippen molar-refractivity contribution in [2.24, 2.45) is 13.0 Å². The van der Waals surface area contributed by atoms with E-state index in [1.54, 1.807) is 0 Å². The lowest BCUT2D eigenvalue weighted by Gasteiger charge is -2.34. The van der Waals surface area contributed by atoms with Crippen LogP contribution in [0.4, 0.5) is 10.7 Å². The van der Waals surface area contributed by atoms with Crippen LogP contribution in [0, 0.1) is 5.92 Å². The van der Waals surface area contributed by atoms with Crippen molar-refractivity contribution < 1.29 is 14.7 Å². The molecule has 160 valence electrons. The first-order valence-corrected chi connectivity index (χ1v) is 11.0. The third-order valence-electron chi connectivity index (χ3n) is 7.04. The lowest BCUT2D eigenvalue weighted by Crippen LogP contribution is -2.41. The van der Waals surface area contributed by atoms with Crippen molar-refractivity contribution >= 4 is 17.9 Å². The first-order valence-electron chi connectivity index (χ1n) is 11.0. The topological polar surface area (TPSA) is 81.9 Å². The second kappa shape index (κ2) is 8.34. The summed E-state index contributed by atoms with van der Waals surface area (Å²) in [4.78, 5) is 35.1. The number of hydrogen-bond acceptors (Lipinski definition) is 4. The average Bonchev–Trinajstić information content (AvgIpc) is 3.16. The monoisotopic (exact) mass is 403 g/mol. The number of hydrogen-bond donors (Lipinski definition) is 1. The van der Waals surface area contributed by atoms with E-state index in [9.17, 15) is 9.59 Å². The predicted octanol–water partition coefficient (Wildman–Crippen LogP) is 2.12. The smallest absolute Gasteiger partial charge is 0.327 e. The van der Waals surface area contributed by atoms with Gasteiger partial charge in [-0.05, 0) is 45.1 Å². The second-order valence-electron chi connectivity index (χ2n) is 8.90. The average molecular weight is 404 g/mol. The number of carboxylic acids is 1. The van der Waals surface area contributed by atoms with E-state index < -0.39 is 5.97 Å². The van der Waals surface area contributed by atoms with Crippen molar-refractivity contribution in [1.29, 1.82) is 0 Å². The Hall–Kier alpha value is -2.09. The third kappa shape index (κ3) is 4.13. The lowest BCUT2D eigenvalue weighted by atomic mass is 9.83. The van der Waals surface area contributed by atoms with E-state index in [1.165, 1.54) is 5.69 Å². The van der Waals surface area contributed by atoms with Gasteiger partial charge in [-0.3, -0.25) is 9.69 Å². The molecule has 2 amide bonds. The summed E-state index contributed by atoms with van der Waals surface area (Å²) in [6.07, 6.45) is 6.92. The van der Waals surface area contributed by atoms with E-state index in [2.05, 4.69) is 16.5 Å². The molecule has 8 heteroatoms. The molecular weight excluding hydrogens is 370 g/mol. The maximum absolute atomic E-state index is 13.2. The fraction of sp³-hybridized carbons (Fsp3) is 0.762. The molecule has 1 N–H and O–H groups in total. The first kappa shape index (κ1) is 20.2. The number of aromatic nitrogens is 2. The first-order chi connectivity index (χ1) is 13.9. The van der Waals surface area contributed by atoms with Gasteiger partial charge < -0.3 is 19.5 Å². The summed E-state index contributed by atoms with van der Waals surface area (Å²) < 4.78 is 2.12. The summed E-state index contributed by atoms with van der Waals surface area (Å²) >= 11 is 0. The van der Waals surface area contributed by atoms with Gasteiger partial charge in [-0.1, -0.05) is 0 Å². The van der Waals surface area contributed by atoms with Crippen LogP contribution in [0.1, 0.15) is 49.9 Å². The second-order valence-corrected chi connectivity index (χ2v) is 8.90. The maximum atomic E-state index is 13.2. The number of imidazole rings is 1. The van der Waals surface area contributed by atoms with Crippen LogP contribution in [0.2, 0.25) is 0 Å². The Labute approximate surface area is 172 Å². The van der Waals surface area contributed by atoms with E-state index in [-0.39, 0.29) is 18.5 Å². The molecule has 0 unspecified atom stereocenters. The molecule has 2 aliphatic heterocycles. The van der Waals surface area contributed by atoms with Crippen LogP contribution in [-0.2, 0) is 24.7 Å². The molecule has 1 aliphatic carbocycles. The van der Waals surface area contributed by atoms with Gasteiger partial charge in [-0.15, -0.1) is 0 Å². The van der Waals surface area contributed by atoms with Crippen molar-refractivity contribution in [1.82, 2.24) is 19.4 Å². The predicted molar refractivity (Wildman–Crippen MR) is 110 cm³/mol. The Morgan fingerprint density at radius 1 is 1.07 bits per heavy atom. The minimum Gasteiger partial charge on any atom is -0.481 e. The number of carbonyl (C=O) groups is 2. The molecule has 1 aromatic heterocycles. The van der Waals surface area contributed by atoms with Gasteiger partial charge in [0, 0.05) is 64.2 Å². The van der Waals surface area contributed by atoms with E-state index in [1.807, 2.05) is 16.8 Å². The van der Waals surface area contributed by atoms with Crippen molar-refractivity contribution in [3.05, 3.63) is 11.4 Å². The van der Waals surface area contributed by atoms with Crippen LogP contribution in [0.3, 0.4) is 0 Å². The van der Waals surface area contributed by atoms with Crippen LogP contribution in [0.5, 0.6) is 0 Å². The maximum Gasteiger partial charge on any atom is 0.327 e. The molecule has 1 saturated carbocycles. The Bertz CT molecular complexity index is 769. The molecule has 4 rings (SSSR count). The van der Waals surface area contributed by atoms with Gasteiger partial charge in [-0.2, -0.15) is 0 Å². The van der Waals surface area contributed by atoms with Gasteiger partial charge in [0.15, 0.2) is 0 Å². The summed E-state index contributed by atoms with van der Waals surface area (Å²) in [6.45, 7) is 3.48. The molecule has 29 heavy (non-hydrogen) atoms. The molecule has 0 bridgehead atoms. The Morgan fingerprint density at radius 2 is 1.79 bits per heavy atom.